The van der Waals surface area contributed by atoms with Gasteiger partial charge >= 0.3 is 0 Å². The van der Waals surface area contributed by atoms with E-state index in [2.05, 4.69) is 31.2 Å². The maximum absolute atomic E-state index is 8.69. The summed E-state index contributed by atoms with van der Waals surface area (Å²) in [6.07, 6.45) is 30.2. The van der Waals surface area contributed by atoms with Gasteiger partial charge in [0.1, 0.15) is 0 Å². The van der Waals surface area contributed by atoms with Crippen molar-refractivity contribution in [1.82, 2.24) is 0 Å². The van der Waals surface area contributed by atoms with Crippen LogP contribution in [-0.4, -0.2) is 11.7 Å². The molecule has 0 aromatic carbocycles. The molecule has 0 radical (unpaired) electrons. The van der Waals surface area contributed by atoms with Crippen LogP contribution in [0, 0.1) is 0 Å². The van der Waals surface area contributed by atoms with Crippen LogP contribution in [-0.2, 0) is 0 Å². The lowest BCUT2D eigenvalue weighted by Crippen LogP contribution is -1.81. The van der Waals surface area contributed by atoms with E-state index in [1.165, 1.54) is 89.9 Å². The van der Waals surface area contributed by atoms with E-state index >= 15 is 0 Å². The van der Waals surface area contributed by atoms with Crippen molar-refractivity contribution in [1.29, 1.82) is 0 Å². The van der Waals surface area contributed by atoms with E-state index in [-0.39, 0.29) is 0 Å². The molecule has 0 amide bonds. The molecule has 0 saturated heterocycles. The molecule has 1 N–H and O–H groups in total. The number of aliphatic hydroxyl groups is 1. The molecule has 0 aromatic heterocycles. The Hall–Kier alpha value is -0.560. The molecule has 23 heavy (non-hydrogen) atoms. The molecule has 0 aliphatic heterocycles. The summed E-state index contributed by atoms with van der Waals surface area (Å²) in [5.74, 6) is 0. The lowest BCUT2D eigenvalue weighted by atomic mass is 10.1. The standard InChI is InChI=1S/C22H42O/c1-2-3-4-5-6-7-8-9-10-11-12-13-14-15-16-17-18-19-20-21-22-23/h9-10,16-17,23H,2-8,11-15,18-22H2,1H3/b10-9-,17-16?. The highest BCUT2D eigenvalue weighted by Gasteiger charge is 1.89. The minimum atomic E-state index is 0.344. The summed E-state index contributed by atoms with van der Waals surface area (Å²) in [6.45, 7) is 2.62. The van der Waals surface area contributed by atoms with Gasteiger partial charge in [-0.25, -0.2) is 0 Å². The fraction of sp³-hybridized carbons (Fsp3) is 0.818. The third-order valence-electron chi connectivity index (χ3n) is 4.33. The number of hydrogen-bond acceptors (Lipinski definition) is 1. The molecule has 136 valence electrons. The second-order valence-electron chi connectivity index (χ2n) is 6.71. The number of unbranched alkanes of at least 4 members (excludes halogenated alkanes) is 13. The molecule has 0 fully saturated rings. The fourth-order valence-electron chi connectivity index (χ4n) is 2.77. The maximum Gasteiger partial charge on any atom is 0.0431 e. The van der Waals surface area contributed by atoms with Crippen LogP contribution in [0.4, 0.5) is 0 Å². The van der Waals surface area contributed by atoms with Crippen LogP contribution in [0.1, 0.15) is 110 Å². The zero-order chi connectivity index (χ0) is 16.8. The lowest BCUT2D eigenvalue weighted by molar-refractivity contribution is 0.283. The first kappa shape index (κ1) is 22.4. The van der Waals surface area contributed by atoms with Gasteiger partial charge in [0.2, 0.25) is 0 Å². The van der Waals surface area contributed by atoms with Crippen molar-refractivity contribution >= 4 is 0 Å². The van der Waals surface area contributed by atoms with Gasteiger partial charge < -0.3 is 5.11 Å². The minimum Gasteiger partial charge on any atom is -0.396 e. The van der Waals surface area contributed by atoms with Gasteiger partial charge in [-0.15, -0.1) is 0 Å². The van der Waals surface area contributed by atoms with Gasteiger partial charge in [-0.05, 0) is 57.8 Å². The number of rotatable bonds is 18. The molecular weight excluding hydrogens is 280 g/mol. The Balaban J connectivity index is 3.11. The summed E-state index contributed by atoms with van der Waals surface area (Å²) >= 11 is 0. The lowest BCUT2D eigenvalue weighted by Gasteiger charge is -1.98. The summed E-state index contributed by atoms with van der Waals surface area (Å²) < 4.78 is 0. The average Bonchev–Trinajstić information content (AvgIpc) is 2.57. The van der Waals surface area contributed by atoms with Crippen molar-refractivity contribution in [3.05, 3.63) is 24.3 Å². The zero-order valence-electron chi connectivity index (χ0n) is 15.8. The van der Waals surface area contributed by atoms with E-state index in [0.29, 0.717) is 6.61 Å². The van der Waals surface area contributed by atoms with Crippen LogP contribution >= 0.6 is 0 Å². The van der Waals surface area contributed by atoms with Crippen LogP contribution in [0.25, 0.3) is 0 Å². The number of hydrogen-bond donors (Lipinski definition) is 1. The normalized spacial score (nSPS) is 11.9. The number of aliphatic hydroxyl groups excluding tert-OH is 1. The van der Waals surface area contributed by atoms with Gasteiger partial charge in [0, 0.05) is 6.61 Å². The zero-order valence-corrected chi connectivity index (χ0v) is 15.8. The topological polar surface area (TPSA) is 20.2 Å². The molecule has 0 saturated carbocycles. The van der Waals surface area contributed by atoms with E-state index in [1.807, 2.05) is 0 Å². The molecule has 0 spiro atoms. The van der Waals surface area contributed by atoms with Crippen LogP contribution in [0.15, 0.2) is 24.3 Å². The highest BCUT2D eigenvalue weighted by Crippen LogP contribution is 2.09. The minimum absolute atomic E-state index is 0.344. The van der Waals surface area contributed by atoms with Crippen molar-refractivity contribution < 1.29 is 5.11 Å². The maximum atomic E-state index is 8.69. The van der Waals surface area contributed by atoms with Gasteiger partial charge in [-0.2, -0.15) is 0 Å². The first-order chi connectivity index (χ1) is 11.4. The van der Waals surface area contributed by atoms with E-state index in [1.54, 1.807) is 0 Å². The van der Waals surface area contributed by atoms with E-state index in [4.69, 9.17) is 5.11 Å². The van der Waals surface area contributed by atoms with Gasteiger partial charge in [0.25, 0.3) is 0 Å². The van der Waals surface area contributed by atoms with E-state index in [9.17, 15) is 0 Å². The van der Waals surface area contributed by atoms with Crippen LogP contribution in [0.5, 0.6) is 0 Å². The highest BCUT2D eigenvalue weighted by atomic mass is 16.2. The van der Waals surface area contributed by atoms with Crippen LogP contribution < -0.4 is 0 Å². The molecule has 0 aliphatic carbocycles. The monoisotopic (exact) mass is 322 g/mol. The second-order valence-corrected chi connectivity index (χ2v) is 6.71. The molecule has 0 aliphatic rings. The predicted molar refractivity (Wildman–Crippen MR) is 105 cm³/mol. The van der Waals surface area contributed by atoms with Gasteiger partial charge in [-0.1, -0.05) is 76.2 Å². The molecule has 0 aromatic rings. The fourth-order valence-corrected chi connectivity index (χ4v) is 2.77. The first-order valence-electron chi connectivity index (χ1n) is 10.3. The highest BCUT2D eigenvalue weighted by molar-refractivity contribution is 4.83. The summed E-state index contributed by atoms with van der Waals surface area (Å²) in [5, 5.41) is 8.69. The Labute approximate surface area is 146 Å². The second kappa shape index (κ2) is 21.4. The van der Waals surface area contributed by atoms with E-state index < -0.39 is 0 Å². The Morgan fingerprint density at radius 2 is 0.826 bits per heavy atom. The Morgan fingerprint density at radius 3 is 1.26 bits per heavy atom. The average molecular weight is 323 g/mol. The summed E-state index contributed by atoms with van der Waals surface area (Å²) in [6, 6.07) is 0. The van der Waals surface area contributed by atoms with Gasteiger partial charge in [0.05, 0.1) is 0 Å². The summed E-state index contributed by atoms with van der Waals surface area (Å²) in [4.78, 5) is 0. The molecule has 0 rings (SSSR count). The molecule has 1 nitrogen and oxygen atoms in total. The Kier molecular flexibility index (Phi) is 20.9. The van der Waals surface area contributed by atoms with Gasteiger partial charge in [-0.3, -0.25) is 0 Å². The Bertz CT molecular complexity index is 255. The number of allylic oxidation sites excluding steroid dienone is 4. The molecule has 0 heterocycles. The molecule has 1 heteroatoms. The predicted octanol–water partition coefficient (Wildman–Crippen LogP) is 7.35. The van der Waals surface area contributed by atoms with Crippen molar-refractivity contribution in [3.8, 4) is 0 Å². The third-order valence-corrected chi connectivity index (χ3v) is 4.33. The molecule has 0 bridgehead atoms. The first-order valence-corrected chi connectivity index (χ1v) is 10.3. The summed E-state index contributed by atoms with van der Waals surface area (Å²) in [7, 11) is 0. The van der Waals surface area contributed by atoms with Crippen molar-refractivity contribution in [3.63, 3.8) is 0 Å². The van der Waals surface area contributed by atoms with Crippen LogP contribution in [0.2, 0.25) is 0 Å². The third kappa shape index (κ3) is 21.4. The van der Waals surface area contributed by atoms with E-state index in [0.717, 1.165) is 12.8 Å². The van der Waals surface area contributed by atoms with Gasteiger partial charge in [0.15, 0.2) is 0 Å². The Morgan fingerprint density at radius 1 is 0.478 bits per heavy atom. The SMILES string of the molecule is CCCCCCCC/C=C\CCCCCC=CCCCCCO. The van der Waals surface area contributed by atoms with Crippen molar-refractivity contribution in [2.75, 3.05) is 6.61 Å². The molecular formula is C22H42O. The van der Waals surface area contributed by atoms with Crippen LogP contribution in [0.3, 0.4) is 0 Å². The van der Waals surface area contributed by atoms with Crippen molar-refractivity contribution in [2.45, 2.75) is 110 Å². The molecule has 0 unspecified atom stereocenters. The molecule has 0 atom stereocenters. The smallest absolute Gasteiger partial charge is 0.0431 e. The van der Waals surface area contributed by atoms with Crippen molar-refractivity contribution in [2.24, 2.45) is 0 Å². The largest absolute Gasteiger partial charge is 0.396 e. The quantitative estimate of drug-likeness (QED) is 0.206. The summed E-state index contributed by atoms with van der Waals surface area (Å²) in [5.41, 5.74) is 0.